The van der Waals surface area contributed by atoms with E-state index in [0.717, 1.165) is 50.5 Å². The Kier molecular flexibility index (Phi) is 5.83. The van der Waals surface area contributed by atoms with Crippen LogP contribution in [0.2, 0.25) is 0 Å². The maximum atomic E-state index is 5.03. The summed E-state index contributed by atoms with van der Waals surface area (Å²) in [6.45, 7) is 0. The lowest BCUT2D eigenvalue weighted by Gasteiger charge is -2.12. The first-order valence-electron chi connectivity index (χ1n) is 11.8. The lowest BCUT2D eigenvalue weighted by Crippen LogP contribution is -1.97. The molecule has 0 spiro atoms. The van der Waals surface area contributed by atoms with Gasteiger partial charge < -0.3 is 0 Å². The van der Waals surface area contributed by atoms with Crippen LogP contribution in [0.3, 0.4) is 0 Å². The lowest BCUT2D eigenvalue weighted by atomic mass is 9.98. The molecule has 0 aliphatic rings. The van der Waals surface area contributed by atoms with E-state index in [1.807, 2.05) is 85.3 Å². The van der Waals surface area contributed by atoms with Crippen molar-refractivity contribution < 1.29 is 0 Å². The molecule has 0 N–H and O–H groups in total. The quantitative estimate of drug-likeness (QED) is 0.265. The molecule has 3 aromatic carbocycles. The minimum absolute atomic E-state index is 0.670. The van der Waals surface area contributed by atoms with Crippen LogP contribution >= 0.6 is 0 Å². The number of hydrogen-bond acceptors (Lipinski definition) is 4. The summed E-state index contributed by atoms with van der Waals surface area (Å²) in [6.07, 6.45) is 5.43. The highest BCUT2D eigenvalue weighted by Gasteiger charge is 2.14. The first-order chi connectivity index (χ1) is 17.8. The van der Waals surface area contributed by atoms with Gasteiger partial charge in [-0.15, -0.1) is 0 Å². The molecule has 4 nitrogen and oxygen atoms in total. The van der Waals surface area contributed by atoms with Crippen molar-refractivity contribution in [3.8, 4) is 56.3 Å². The van der Waals surface area contributed by atoms with Gasteiger partial charge in [0.05, 0.1) is 17.1 Å². The summed E-state index contributed by atoms with van der Waals surface area (Å²) in [5, 5.41) is 0. The third-order valence-corrected chi connectivity index (χ3v) is 6.03. The number of benzene rings is 3. The van der Waals surface area contributed by atoms with Crippen LogP contribution in [0.1, 0.15) is 0 Å². The molecule has 4 heteroatoms. The van der Waals surface area contributed by atoms with Crippen molar-refractivity contribution in [1.29, 1.82) is 0 Å². The predicted molar refractivity (Wildman–Crippen MR) is 145 cm³/mol. The largest absolute Gasteiger partial charge is 0.265 e. The molecule has 6 aromatic rings. The standard InChI is InChI=1S/C32H22N4/c1-3-9-24(10-4-1)30-22-31(25-11-5-2-6-12-25)36-32(35-30)28-20-26(23-14-17-33-18-15-23)19-27(21-28)29-13-7-8-16-34-29/h1-22H. The van der Waals surface area contributed by atoms with Crippen molar-refractivity contribution in [3.05, 3.63) is 134 Å². The van der Waals surface area contributed by atoms with Gasteiger partial charge in [0, 0.05) is 40.8 Å². The zero-order valence-electron chi connectivity index (χ0n) is 19.5. The second-order valence-corrected chi connectivity index (χ2v) is 8.44. The van der Waals surface area contributed by atoms with Gasteiger partial charge in [0.25, 0.3) is 0 Å². The molecule has 0 saturated carbocycles. The van der Waals surface area contributed by atoms with Crippen molar-refractivity contribution >= 4 is 0 Å². The highest BCUT2D eigenvalue weighted by atomic mass is 14.9. The van der Waals surface area contributed by atoms with Gasteiger partial charge >= 0.3 is 0 Å². The number of nitrogens with zero attached hydrogens (tertiary/aromatic N) is 4. The van der Waals surface area contributed by atoms with E-state index < -0.39 is 0 Å². The van der Waals surface area contributed by atoms with E-state index in [1.54, 1.807) is 0 Å². The molecular weight excluding hydrogens is 440 g/mol. The molecule has 0 aliphatic carbocycles. The van der Waals surface area contributed by atoms with Gasteiger partial charge in [0.2, 0.25) is 0 Å². The van der Waals surface area contributed by atoms with Gasteiger partial charge in [-0.05, 0) is 59.7 Å². The molecule has 0 saturated heterocycles. The van der Waals surface area contributed by atoms with Crippen molar-refractivity contribution in [1.82, 2.24) is 19.9 Å². The van der Waals surface area contributed by atoms with Gasteiger partial charge in [-0.2, -0.15) is 0 Å². The second kappa shape index (κ2) is 9.72. The zero-order valence-corrected chi connectivity index (χ0v) is 19.5. The van der Waals surface area contributed by atoms with Crippen LogP contribution < -0.4 is 0 Å². The Balaban J connectivity index is 1.58. The number of pyridine rings is 2. The maximum Gasteiger partial charge on any atom is 0.160 e. The van der Waals surface area contributed by atoms with Crippen LogP contribution in [0.15, 0.2) is 134 Å². The van der Waals surface area contributed by atoms with Crippen molar-refractivity contribution in [2.75, 3.05) is 0 Å². The fourth-order valence-electron chi connectivity index (χ4n) is 4.24. The van der Waals surface area contributed by atoms with Crippen LogP contribution in [-0.4, -0.2) is 19.9 Å². The van der Waals surface area contributed by atoms with Crippen LogP contribution in [0.5, 0.6) is 0 Å². The molecule has 3 heterocycles. The van der Waals surface area contributed by atoms with Crippen molar-refractivity contribution in [3.63, 3.8) is 0 Å². The van der Waals surface area contributed by atoms with Crippen molar-refractivity contribution in [2.45, 2.75) is 0 Å². The minimum Gasteiger partial charge on any atom is -0.265 e. The summed E-state index contributed by atoms with van der Waals surface area (Å²) < 4.78 is 0. The molecule has 0 fully saturated rings. The summed E-state index contributed by atoms with van der Waals surface area (Å²) in [4.78, 5) is 18.8. The van der Waals surface area contributed by atoms with Crippen LogP contribution in [0.4, 0.5) is 0 Å². The van der Waals surface area contributed by atoms with E-state index in [-0.39, 0.29) is 0 Å². The molecular formula is C32H22N4. The molecule has 170 valence electrons. The average Bonchev–Trinajstić information content (AvgIpc) is 2.98. The molecule has 6 rings (SSSR count). The third-order valence-electron chi connectivity index (χ3n) is 6.03. The van der Waals surface area contributed by atoms with Gasteiger partial charge in [0.1, 0.15) is 0 Å². The highest BCUT2D eigenvalue weighted by Crippen LogP contribution is 2.33. The van der Waals surface area contributed by atoms with Gasteiger partial charge in [-0.1, -0.05) is 66.7 Å². The topological polar surface area (TPSA) is 51.6 Å². The summed E-state index contributed by atoms with van der Waals surface area (Å²) >= 11 is 0. The number of aromatic nitrogens is 4. The Bertz CT molecular complexity index is 1360. The summed E-state index contributed by atoms with van der Waals surface area (Å²) in [5.74, 6) is 0.670. The van der Waals surface area contributed by atoms with Crippen molar-refractivity contribution in [2.24, 2.45) is 0 Å². The van der Waals surface area contributed by atoms with E-state index in [9.17, 15) is 0 Å². The van der Waals surface area contributed by atoms with Gasteiger partial charge in [-0.3, -0.25) is 9.97 Å². The molecule has 0 bridgehead atoms. The first kappa shape index (κ1) is 21.6. The fraction of sp³-hybridized carbons (Fsp3) is 0. The van der Waals surface area contributed by atoms with E-state index in [1.165, 1.54) is 0 Å². The average molecular weight is 463 g/mol. The van der Waals surface area contributed by atoms with Gasteiger partial charge in [0.15, 0.2) is 5.82 Å². The molecule has 3 aromatic heterocycles. The highest BCUT2D eigenvalue weighted by molar-refractivity contribution is 5.80. The zero-order chi connectivity index (χ0) is 24.2. The van der Waals surface area contributed by atoms with E-state index >= 15 is 0 Å². The monoisotopic (exact) mass is 462 g/mol. The maximum absolute atomic E-state index is 5.03. The van der Waals surface area contributed by atoms with E-state index in [2.05, 4.69) is 58.5 Å². The SMILES string of the molecule is c1ccc(-c2cc(-c3ccccc3)nc(-c3cc(-c4ccncc4)cc(-c4ccccn4)c3)n2)cc1. The van der Waals surface area contributed by atoms with E-state index in [4.69, 9.17) is 9.97 Å². The lowest BCUT2D eigenvalue weighted by molar-refractivity contribution is 1.18. The minimum atomic E-state index is 0.670. The van der Waals surface area contributed by atoms with E-state index in [0.29, 0.717) is 5.82 Å². The Labute approximate surface area is 210 Å². The molecule has 0 atom stereocenters. The summed E-state index contributed by atoms with van der Waals surface area (Å²) in [6, 6.07) is 38.9. The molecule has 0 unspecified atom stereocenters. The Hall–Kier alpha value is -4.96. The smallest absolute Gasteiger partial charge is 0.160 e. The summed E-state index contributed by atoms with van der Waals surface area (Å²) in [7, 11) is 0. The number of hydrogen-bond donors (Lipinski definition) is 0. The molecule has 0 radical (unpaired) electrons. The predicted octanol–water partition coefficient (Wildman–Crippen LogP) is 7.60. The second-order valence-electron chi connectivity index (χ2n) is 8.44. The van der Waals surface area contributed by atoms with Crippen LogP contribution in [0.25, 0.3) is 56.3 Å². The number of rotatable bonds is 5. The first-order valence-corrected chi connectivity index (χ1v) is 11.8. The molecule has 0 amide bonds. The normalized spacial score (nSPS) is 10.8. The van der Waals surface area contributed by atoms with Crippen LogP contribution in [-0.2, 0) is 0 Å². The molecule has 36 heavy (non-hydrogen) atoms. The Morgan fingerprint density at radius 3 is 1.56 bits per heavy atom. The fourth-order valence-corrected chi connectivity index (χ4v) is 4.24. The van der Waals surface area contributed by atoms with Gasteiger partial charge in [-0.25, -0.2) is 9.97 Å². The van der Waals surface area contributed by atoms with Crippen LogP contribution in [0, 0.1) is 0 Å². The Morgan fingerprint density at radius 2 is 0.944 bits per heavy atom. The molecule has 0 aliphatic heterocycles. The third kappa shape index (κ3) is 4.52. The Morgan fingerprint density at radius 1 is 0.361 bits per heavy atom. The summed E-state index contributed by atoms with van der Waals surface area (Å²) in [5.41, 5.74) is 8.84.